The molecule has 1 atom stereocenters. The average Bonchev–Trinajstić information content (AvgIpc) is 3.23. The molecule has 1 fully saturated rings. The number of likely N-dealkylation sites (tertiary alicyclic amines) is 1. The maximum absolute atomic E-state index is 13.5. The van der Waals surface area contributed by atoms with Crippen LogP contribution in [0.3, 0.4) is 0 Å². The number of nitrogens with zero attached hydrogens (tertiary/aromatic N) is 1. The highest BCUT2D eigenvalue weighted by Gasteiger charge is 2.42. The molecule has 9 heteroatoms. The van der Waals surface area contributed by atoms with Gasteiger partial charge in [-0.2, -0.15) is 8.42 Å². The zero-order valence-electron chi connectivity index (χ0n) is 20.6. The van der Waals surface area contributed by atoms with Crippen molar-refractivity contribution < 1.29 is 31.6 Å². The van der Waals surface area contributed by atoms with Crippen LogP contribution in [0.1, 0.15) is 39.9 Å². The van der Waals surface area contributed by atoms with Gasteiger partial charge in [-0.05, 0) is 55.5 Å². The summed E-state index contributed by atoms with van der Waals surface area (Å²) in [6, 6.07) is 9.55. The minimum atomic E-state index is -3.55. The van der Waals surface area contributed by atoms with Crippen molar-refractivity contribution in [3.8, 4) is 17.2 Å². The molecule has 0 aliphatic carbocycles. The van der Waals surface area contributed by atoms with E-state index < -0.39 is 15.5 Å². The van der Waals surface area contributed by atoms with E-state index in [0.29, 0.717) is 48.7 Å². The molecular formula is C25H33NO7S. The molecule has 0 N–H and O–H groups in total. The van der Waals surface area contributed by atoms with Crippen LogP contribution in [0.5, 0.6) is 17.2 Å². The number of hydrogen-bond donors (Lipinski definition) is 0. The maximum atomic E-state index is 13.5. The molecular weight excluding hydrogens is 458 g/mol. The molecule has 1 aliphatic heterocycles. The quantitative estimate of drug-likeness (QED) is 0.496. The summed E-state index contributed by atoms with van der Waals surface area (Å²) in [5.74, 6) is 1.08. The highest BCUT2D eigenvalue weighted by atomic mass is 32.2. The van der Waals surface area contributed by atoms with Crippen molar-refractivity contribution in [2.24, 2.45) is 0 Å². The van der Waals surface area contributed by atoms with Crippen molar-refractivity contribution in [2.75, 3.05) is 47.3 Å². The fourth-order valence-corrected chi connectivity index (χ4v) is 4.86. The van der Waals surface area contributed by atoms with Gasteiger partial charge in [0.25, 0.3) is 16.0 Å². The first-order valence-corrected chi connectivity index (χ1v) is 12.9. The molecule has 1 heterocycles. The summed E-state index contributed by atoms with van der Waals surface area (Å²) in [5, 5.41) is 0. The van der Waals surface area contributed by atoms with Crippen molar-refractivity contribution in [3.05, 3.63) is 52.6 Å². The maximum Gasteiger partial charge on any atom is 0.264 e. The number of carbonyl (C=O) groups is 1. The van der Waals surface area contributed by atoms with E-state index in [-0.39, 0.29) is 12.5 Å². The molecule has 8 nitrogen and oxygen atoms in total. The van der Waals surface area contributed by atoms with Gasteiger partial charge in [-0.25, -0.2) is 0 Å². The van der Waals surface area contributed by atoms with E-state index in [4.69, 9.17) is 18.4 Å². The number of rotatable bonds is 9. The fourth-order valence-electron chi connectivity index (χ4n) is 4.48. The normalized spacial score (nSPS) is 18.1. The molecule has 3 rings (SSSR count). The van der Waals surface area contributed by atoms with Crippen LogP contribution in [-0.4, -0.2) is 66.5 Å². The van der Waals surface area contributed by atoms with E-state index >= 15 is 0 Å². The Labute approximate surface area is 201 Å². The van der Waals surface area contributed by atoms with Gasteiger partial charge in [-0.1, -0.05) is 18.2 Å². The molecule has 1 unspecified atom stereocenters. The summed E-state index contributed by atoms with van der Waals surface area (Å²) in [7, 11) is 0.974. The predicted octanol–water partition coefficient (Wildman–Crippen LogP) is 3.48. The Hall–Kier alpha value is -2.78. The van der Waals surface area contributed by atoms with Crippen LogP contribution in [-0.2, 0) is 19.7 Å². The van der Waals surface area contributed by atoms with E-state index in [2.05, 4.69) is 18.2 Å². The molecule has 0 bridgehead atoms. The van der Waals surface area contributed by atoms with Crippen LogP contribution in [0.2, 0.25) is 0 Å². The van der Waals surface area contributed by atoms with E-state index in [9.17, 15) is 13.2 Å². The Balaban J connectivity index is 1.93. The molecule has 0 radical (unpaired) electrons. The molecule has 2 aromatic carbocycles. The van der Waals surface area contributed by atoms with Crippen LogP contribution in [0.25, 0.3) is 0 Å². The van der Waals surface area contributed by atoms with E-state index in [1.807, 2.05) is 13.8 Å². The standard InChI is InChI=1S/C25H33NO7S/c1-17-7-8-20(13-18(17)2)25(10-12-33-34(6,28)29)9-11-26(16-25)24(27)19-14-21(30-3)23(32-5)22(15-19)31-4/h7-8,13-15H,9-12,16H2,1-6H3. The minimum absolute atomic E-state index is 0.0535. The van der Waals surface area contributed by atoms with Crippen molar-refractivity contribution in [1.29, 1.82) is 0 Å². The van der Waals surface area contributed by atoms with Gasteiger partial charge < -0.3 is 19.1 Å². The number of aryl methyl sites for hydroxylation is 2. The topological polar surface area (TPSA) is 91.4 Å². The SMILES string of the molecule is COc1cc(C(=O)N2CCC(CCOS(C)(=O)=O)(c3ccc(C)c(C)c3)C2)cc(OC)c1OC. The Kier molecular flexibility index (Phi) is 7.77. The molecule has 1 saturated heterocycles. The lowest BCUT2D eigenvalue weighted by molar-refractivity contribution is 0.0779. The summed E-state index contributed by atoms with van der Waals surface area (Å²) < 4.78 is 44.4. The van der Waals surface area contributed by atoms with E-state index in [1.54, 1.807) is 17.0 Å². The highest BCUT2D eigenvalue weighted by molar-refractivity contribution is 7.85. The second kappa shape index (κ2) is 10.2. The van der Waals surface area contributed by atoms with Crippen LogP contribution in [0.15, 0.2) is 30.3 Å². The highest BCUT2D eigenvalue weighted by Crippen LogP contribution is 2.41. The number of amides is 1. The van der Waals surface area contributed by atoms with Crippen molar-refractivity contribution in [2.45, 2.75) is 32.1 Å². The Bertz CT molecular complexity index is 1140. The first-order valence-electron chi connectivity index (χ1n) is 11.0. The van der Waals surface area contributed by atoms with Gasteiger partial charge in [0.15, 0.2) is 11.5 Å². The lowest BCUT2D eigenvalue weighted by Gasteiger charge is -2.30. The Morgan fingerprint density at radius 2 is 1.65 bits per heavy atom. The van der Waals surface area contributed by atoms with Crippen molar-refractivity contribution in [3.63, 3.8) is 0 Å². The number of carbonyl (C=O) groups excluding carboxylic acids is 1. The van der Waals surface area contributed by atoms with Crippen LogP contribution < -0.4 is 14.2 Å². The van der Waals surface area contributed by atoms with Gasteiger partial charge in [-0.3, -0.25) is 8.98 Å². The number of methoxy groups -OCH3 is 3. The summed E-state index contributed by atoms with van der Waals surface area (Å²) in [4.78, 5) is 15.3. The zero-order chi connectivity index (χ0) is 25.1. The number of hydrogen-bond acceptors (Lipinski definition) is 7. The molecule has 0 saturated carbocycles. The molecule has 1 amide bonds. The molecule has 186 valence electrons. The van der Waals surface area contributed by atoms with Gasteiger partial charge in [0, 0.05) is 24.1 Å². The monoisotopic (exact) mass is 491 g/mol. The second-order valence-corrected chi connectivity index (χ2v) is 10.4. The minimum Gasteiger partial charge on any atom is -0.493 e. The first kappa shape index (κ1) is 25.8. The fraction of sp³-hybridized carbons (Fsp3) is 0.480. The third-order valence-corrected chi connectivity index (χ3v) is 7.14. The zero-order valence-corrected chi connectivity index (χ0v) is 21.5. The van der Waals surface area contributed by atoms with Crippen LogP contribution >= 0.6 is 0 Å². The Morgan fingerprint density at radius 3 is 2.18 bits per heavy atom. The lowest BCUT2D eigenvalue weighted by atomic mass is 9.76. The third-order valence-electron chi connectivity index (χ3n) is 6.55. The van der Waals surface area contributed by atoms with Gasteiger partial charge in [0.1, 0.15) is 0 Å². The Morgan fingerprint density at radius 1 is 1.00 bits per heavy atom. The number of ether oxygens (including phenoxy) is 3. The van der Waals surface area contributed by atoms with Crippen molar-refractivity contribution in [1.82, 2.24) is 4.90 Å². The lowest BCUT2D eigenvalue weighted by Crippen LogP contribution is -2.35. The van der Waals surface area contributed by atoms with Crippen LogP contribution in [0.4, 0.5) is 0 Å². The molecule has 34 heavy (non-hydrogen) atoms. The van der Waals surface area contributed by atoms with Crippen LogP contribution in [0, 0.1) is 13.8 Å². The summed E-state index contributed by atoms with van der Waals surface area (Å²) in [6.45, 7) is 5.12. The first-order chi connectivity index (χ1) is 16.0. The van der Waals surface area contributed by atoms with Gasteiger partial charge in [-0.15, -0.1) is 0 Å². The number of benzene rings is 2. The second-order valence-electron chi connectivity index (χ2n) is 8.75. The molecule has 1 aliphatic rings. The third kappa shape index (κ3) is 5.47. The molecule has 0 spiro atoms. The summed E-state index contributed by atoms with van der Waals surface area (Å²) in [6.07, 6.45) is 2.21. The van der Waals surface area contributed by atoms with E-state index in [0.717, 1.165) is 17.4 Å². The average molecular weight is 492 g/mol. The van der Waals surface area contributed by atoms with Crippen molar-refractivity contribution >= 4 is 16.0 Å². The van der Waals surface area contributed by atoms with Gasteiger partial charge in [0.05, 0.1) is 34.2 Å². The largest absolute Gasteiger partial charge is 0.493 e. The molecule has 0 aromatic heterocycles. The summed E-state index contributed by atoms with van der Waals surface area (Å²) in [5.41, 5.74) is 3.41. The smallest absolute Gasteiger partial charge is 0.264 e. The predicted molar refractivity (Wildman–Crippen MR) is 130 cm³/mol. The molecule has 2 aromatic rings. The summed E-state index contributed by atoms with van der Waals surface area (Å²) >= 11 is 0. The van der Waals surface area contributed by atoms with Gasteiger partial charge in [0.2, 0.25) is 5.75 Å². The van der Waals surface area contributed by atoms with Gasteiger partial charge >= 0.3 is 0 Å². The van der Waals surface area contributed by atoms with E-state index in [1.165, 1.54) is 26.9 Å².